The van der Waals surface area contributed by atoms with Crippen LogP contribution < -0.4 is 0 Å². The molecule has 92 valence electrons. The molecule has 0 saturated carbocycles. The quantitative estimate of drug-likeness (QED) is 0.839. The first-order valence-corrected chi connectivity index (χ1v) is 5.49. The molecule has 0 aliphatic heterocycles. The molecule has 0 aliphatic carbocycles. The number of benzene rings is 1. The van der Waals surface area contributed by atoms with Gasteiger partial charge in [-0.2, -0.15) is 0 Å². The summed E-state index contributed by atoms with van der Waals surface area (Å²) in [7, 11) is 1.36. The zero-order valence-corrected chi connectivity index (χ0v) is 9.96. The van der Waals surface area contributed by atoms with Crippen molar-refractivity contribution in [2.45, 2.75) is 6.42 Å². The van der Waals surface area contributed by atoms with Gasteiger partial charge in [-0.3, -0.25) is 9.78 Å². The van der Waals surface area contributed by atoms with Crippen molar-refractivity contribution in [1.82, 2.24) is 4.98 Å². The summed E-state index contributed by atoms with van der Waals surface area (Å²) >= 11 is 0. The molecule has 0 aliphatic rings. The summed E-state index contributed by atoms with van der Waals surface area (Å²) in [6.07, 6.45) is 3.56. The van der Waals surface area contributed by atoms with Gasteiger partial charge in [-0.15, -0.1) is 0 Å². The summed E-state index contributed by atoms with van der Waals surface area (Å²) < 4.78 is 4.62. The lowest BCUT2D eigenvalue weighted by Crippen LogP contribution is -2.04. The highest BCUT2D eigenvalue weighted by Gasteiger charge is 2.05. The van der Waals surface area contributed by atoms with Crippen LogP contribution in [0.5, 0.6) is 5.75 Å². The normalized spacial score (nSPS) is 10.1. The molecule has 4 heteroatoms. The van der Waals surface area contributed by atoms with Crippen LogP contribution >= 0.6 is 0 Å². The lowest BCUT2D eigenvalue weighted by atomic mass is 10.0. The highest BCUT2D eigenvalue weighted by molar-refractivity contribution is 5.73. The van der Waals surface area contributed by atoms with E-state index in [2.05, 4.69) is 9.72 Å². The minimum Gasteiger partial charge on any atom is -0.508 e. The van der Waals surface area contributed by atoms with E-state index < -0.39 is 0 Å². The topological polar surface area (TPSA) is 59.4 Å². The number of aromatic nitrogens is 1. The third kappa shape index (κ3) is 2.85. The van der Waals surface area contributed by atoms with E-state index in [-0.39, 0.29) is 18.1 Å². The average molecular weight is 243 g/mol. The molecule has 0 fully saturated rings. The maximum absolute atomic E-state index is 11.2. The van der Waals surface area contributed by atoms with Gasteiger partial charge in [0.2, 0.25) is 0 Å². The zero-order chi connectivity index (χ0) is 13.0. The van der Waals surface area contributed by atoms with E-state index in [0.717, 1.165) is 16.7 Å². The van der Waals surface area contributed by atoms with Gasteiger partial charge in [0.15, 0.2) is 0 Å². The number of ether oxygens (including phenoxy) is 1. The molecule has 18 heavy (non-hydrogen) atoms. The third-order valence-electron chi connectivity index (χ3n) is 2.57. The van der Waals surface area contributed by atoms with Gasteiger partial charge in [-0.05, 0) is 29.3 Å². The van der Waals surface area contributed by atoms with Crippen molar-refractivity contribution in [3.8, 4) is 16.9 Å². The molecule has 0 saturated heterocycles. The van der Waals surface area contributed by atoms with E-state index in [1.54, 1.807) is 36.7 Å². The number of rotatable bonds is 3. The van der Waals surface area contributed by atoms with Crippen molar-refractivity contribution in [1.29, 1.82) is 0 Å². The SMILES string of the molecule is COC(=O)Cc1cncc(-c2ccc(O)cc2)c1. The van der Waals surface area contributed by atoms with E-state index in [9.17, 15) is 9.90 Å². The smallest absolute Gasteiger partial charge is 0.310 e. The summed E-state index contributed by atoms with van der Waals surface area (Å²) in [6.45, 7) is 0. The van der Waals surface area contributed by atoms with Crippen molar-refractivity contribution in [2.75, 3.05) is 7.11 Å². The number of methoxy groups -OCH3 is 1. The Morgan fingerprint density at radius 2 is 1.94 bits per heavy atom. The van der Waals surface area contributed by atoms with Crippen LogP contribution in [-0.4, -0.2) is 23.2 Å². The molecule has 0 spiro atoms. The number of carbonyl (C=O) groups is 1. The molecule has 2 aromatic rings. The number of nitrogens with zero attached hydrogens (tertiary/aromatic N) is 1. The van der Waals surface area contributed by atoms with Crippen LogP contribution in [0.15, 0.2) is 42.7 Å². The first kappa shape index (κ1) is 12.1. The zero-order valence-electron chi connectivity index (χ0n) is 9.96. The summed E-state index contributed by atoms with van der Waals surface area (Å²) in [4.78, 5) is 15.3. The summed E-state index contributed by atoms with van der Waals surface area (Å²) in [6, 6.07) is 8.71. The van der Waals surface area contributed by atoms with Gasteiger partial charge in [-0.25, -0.2) is 0 Å². The molecule has 1 heterocycles. The Labute approximate surface area is 105 Å². The molecule has 1 aromatic heterocycles. The Morgan fingerprint density at radius 1 is 1.22 bits per heavy atom. The largest absolute Gasteiger partial charge is 0.508 e. The molecule has 2 rings (SSSR count). The standard InChI is InChI=1S/C14H13NO3/c1-18-14(17)7-10-6-12(9-15-8-10)11-2-4-13(16)5-3-11/h2-6,8-9,16H,7H2,1H3. The van der Waals surface area contributed by atoms with Gasteiger partial charge in [0.25, 0.3) is 0 Å². The van der Waals surface area contributed by atoms with Gasteiger partial charge >= 0.3 is 5.97 Å². The first-order chi connectivity index (χ1) is 8.69. The Bertz CT molecular complexity index is 549. The van der Waals surface area contributed by atoms with E-state index in [4.69, 9.17) is 0 Å². The fraction of sp³-hybridized carbons (Fsp3) is 0.143. The van der Waals surface area contributed by atoms with E-state index >= 15 is 0 Å². The van der Waals surface area contributed by atoms with Crippen LogP contribution in [0.4, 0.5) is 0 Å². The minimum absolute atomic E-state index is 0.204. The molecular weight excluding hydrogens is 230 g/mol. The van der Waals surface area contributed by atoms with E-state index in [1.807, 2.05) is 6.07 Å². The van der Waals surface area contributed by atoms with Crippen LogP contribution in [0, 0.1) is 0 Å². The van der Waals surface area contributed by atoms with Gasteiger partial charge in [-0.1, -0.05) is 12.1 Å². The second kappa shape index (κ2) is 5.31. The predicted molar refractivity (Wildman–Crippen MR) is 67.1 cm³/mol. The second-order valence-electron chi connectivity index (χ2n) is 3.88. The van der Waals surface area contributed by atoms with Crippen molar-refractivity contribution < 1.29 is 14.6 Å². The van der Waals surface area contributed by atoms with Crippen molar-refractivity contribution in [2.24, 2.45) is 0 Å². The highest BCUT2D eigenvalue weighted by atomic mass is 16.5. The number of phenolic OH excluding ortho intramolecular Hbond substituents is 1. The fourth-order valence-corrected chi connectivity index (χ4v) is 1.63. The Kier molecular flexibility index (Phi) is 3.57. The van der Waals surface area contributed by atoms with E-state index in [1.165, 1.54) is 7.11 Å². The minimum atomic E-state index is -0.292. The molecule has 0 radical (unpaired) electrons. The highest BCUT2D eigenvalue weighted by Crippen LogP contribution is 2.22. The van der Waals surface area contributed by atoms with E-state index in [0.29, 0.717) is 0 Å². The van der Waals surface area contributed by atoms with Crippen LogP contribution in [0.25, 0.3) is 11.1 Å². The molecule has 0 bridgehead atoms. The lowest BCUT2D eigenvalue weighted by Gasteiger charge is -2.04. The van der Waals surface area contributed by atoms with Crippen LogP contribution in [0.3, 0.4) is 0 Å². The van der Waals surface area contributed by atoms with Crippen molar-refractivity contribution in [3.63, 3.8) is 0 Å². The monoisotopic (exact) mass is 243 g/mol. The van der Waals surface area contributed by atoms with Gasteiger partial charge in [0.1, 0.15) is 5.75 Å². The molecule has 0 unspecified atom stereocenters. The number of hydrogen-bond donors (Lipinski definition) is 1. The molecular formula is C14H13NO3. The number of esters is 1. The van der Waals surface area contributed by atoms with Crippen LogP contribution in [0.1, 0.15) is 5.56 Å². The molecule has 4 nitrogen and oxygen atoms in total. The maximum Gasteiger partial charge on any atom is 0.310 e. The molecule has 1 aromatic carbocycles. The summed E-state index contributed by atoms with van der Waals surface area (Å²) in [5, 5.41) is 9.23. The summed E-state index contributed by atoms with van der Waals surface area (Å²) in [5.74, 6) is -0.0721. The van der Waals surface area contributed by atoms with Crippen molar-refractivity contribution in [3.05, 3.63) is 48.3 Å². The predicted octanol–water partition coefficient (Wildman–Crippen LogP) is 2.17. The number of hydrogen-bond acceptors (Lipinski definition) is 4. The van der Waals surface area contributed by atoms with Gasteiger partial charge in [0, 0.05) is 18.0 Å². The van der Waals surface area contributed by atoms with Crippen LogP contribution in [0.2, 0.25) is 0 Å². The number of phenols is 1. The van der Waals surface area contributed by atoms with Crippen molar-refractivity contribution >= 4 is 5.97 Å². The third-order valence-corrected chi connectivity index (χ3v) is 2.57. The van der Waals surface area contributed by atoms with Gasteiger partial charge < -0.3 is 9.84 Å². The van der Waals surface area contributed by atoms with Crippen LogP contribution in [-0.2, 0) is 16.0 Å². The van der Waals surface area contributed by atoms with Gasteiger partial charge in [0.05, 0.1) is 13.5 Å². The molecule has 1 N–H and O–H groups in total. The lowest BCUT2D eigenvalue weighted by molar-refractivity contribution is -0.139. The molecule has 0 amide bonds. The molecule has 0 atom stereocenters. The number of carbonyl (C=O) groups excluding carboxylic acids is 1. The number of pyridine rings is 1. The maximum atomic E-state index is 11.2. The Morgan fingerprint density at radius 3 is 2.61 bits per heavy atom. The fourth-order valence-electron chi connectivity index (χ4n) is 1.63. The Hall–Kier alpha value is -2.36. The average Bonchev–Trinajstić information content (AvgIpc) is 2.40. The summed E-state index contributed by atoms with van der Waals surface area (Å²) in [5.41, 5.74) is 2.64. The number of aromatic hydroxyl groups is 1. The second-order valence-corrected chi connectivity index (χ2v) is 3.88. The Balaban J connectivity index is 2.26. The first-order valence-electron chi connectivity index (χ1n) is 5.49.